The molecule has 1 aliphatic heterocycles. The van der Waals surface area contributed by atoms with Crippen molar-refractivity contribution < 1.29 is 19.2 Å². The van der Waals surface area contributed by atoms with Crippen LogP contribution >= 0.6 is 0 Å². The van der Waals surface area contributed by atoms with Crippen LogP contribution in [0.15, 0.2) is 0 Å². The first-order chi connectivity index (χ1) is 15.8. The number of piperazine rings is 1. The van der Waals surface area contributed by atoms with E-state index in [-0.39, 0.29) is 30.6 Å². The van der Waals surface area contributed by atoms with Crippen molar-refractivity contribution in [2.75, 3.05) is 43.6 Å². The first-order valence-corrected chi connectivity index (χ1v) is 11.8. The Morgan fingerprint density at radius 2 is 2.06 bits per heavy atom. The lowest BCUT2D eigenvalue weighted by Gasteiger charge is -2.38. The van der Waals surface area contributed by atoms with Crippen molar-refractivity contribution in [3.8, 4) is 0 Å². The van der Waals surface area contributed by atoms with Crippen LogP contribution in [0.5, 0.6) is 0 Å². The molecule has 1 saturated carbocycles. The van der Waals surface area contributed by atoms with E-state index in [4.69, 9.17) is 0 Å². The number of hydrogen-bond donors (Lipinski definition) is 3. The van der Waals surface area contributed by atoms with E-state index in [1.807, 2.05) is 18.9 Å². The van der Waals surface area contributed by atoms with Crippen LogP contribution < -0.4 is 15.8 Å². The number of likely N-dealkylation sites (N-methyl/N-ethyl adjacent to an activating group) is 1. The maximum atomic E-state index is 15.4. The second-order valence-corrected chi connectivity index (χ2v) is 9.18. The second kappa shape index (κ2) is 11.6. The number of rotatable bonds is 10. The third kappa shape index (κ3) is 6.50. The van der Waals surface area contributed by atoms with Crippen LogP contribution in [0, 0.1) is 17.7 Å². The van der Waals surface area contributed by atoms with Gasteiger partial charge in [-0.15, -0.1) is 0 Å². The molecule has 0 radical (unpaired) electrons. The molecule has 3 N–H and O–H groups in total. The summed E-state index contributed by atoms with van der Waals surface area (Å²) in [6, 6.07) is 0.255. The minimum absolute atomic E-state index is 0.0901. The molecule has 2 fully saturated rings. The zero-order valence-electron chi connectivity index (χ0n) is 19.8. The van der Waals surface area contributed by atoms with Gasteiger partial charge in [0.2, 0.25) is 18.1 Å². The summed E-state index contributed by atoms with van der Waals surface area (Å²) < 4.78 is 15.4. The monoisotopic (exact) mass is 465 g/mol. The van der Waals surface area contributed by atoms with E-state index in [1.54, 1.807) is 0 Å². The molecule has 2 aliphatic rings. The number of nitrogens with zero attached hydrogens (tertiary/aromatic N) is 5. The zero-order valence-corrected chi connectivity index (χ0v) is 19.8. The van der Waals surface area contributed by atoms with Gasteiger partial charge in [-0.05, 0) is 26.3 Å². The van der Waals surface area contributed by atoms with E-state index < -0.39 is 17.6 Å². The van der Waals surface area contributed by atoms with Crippen molar-refractivity contribution in [2.45, 2.75) is 58.4 Å². The first kappa shape index (κ1) is 25.1. The lowest BCUT2D eigenvalue weighted by atomic mass is 9.92. The van der Waals surface area contributed by atoms with Gasteiger partial charge in [0.1, 0.15) is 5.82 Å². The lowest BCUT2D eigenvalue weighted by Crippen LogP contribution is -2.50. The van der Waals surface area contributed by atoms with Gasteiger partial charge in [-0.2, -0.15) is 4.39 Å². The maximum absolute atomic E-state index is 15.4. The number of aryl methyl sites for hydroxylation is 1. The third-order valence-electron chi connectivity index (χ3n) is 6.75. The van der Waals surface area contributed by atoms with Gasteiger partial charge in [-0.25, -0.2) is 15.0 Å². The van der Waals surface area contributed by atoms with Gasteiger partial charge in [0.25, 0.3) is 0 Å². The van der Waals surface area contributed by atoms with Crippen molar-refractivity contribution >= 4 is 24.0 Å². The largest absolute Gasteiger partial charge is 0.351 e. The molecule has 1 saturated heterocycles. The molecular formula is C22H36FN7O3. The fourth-order valence-corrected chi connectivity index (χ4v) is 4.58. The van der Waals surface area contributed by atoms with Gasteiger partial charge in [-0.3, -0.25) is 25.6 Å². The molecule has 0 aromatic carbocycles. The van der Waals surface area contributed by atoms with Crippen molar-refractivity contribution in [1.82, 2.24) is 25.4 Å². The van der Waals surface area contributed by atoms with Crippen LogP contribution in [0.1, 0.15) is 51.8 Å². The van der Waals surface area contributed by atoms with E-state index in [9.17, 15) is 14.8 Å². The number of anilines is 2. The number of nitrogens with one attached hydrogen (secondary N) is 2. The Balaban J connectivity index is 1.72. The topological polar surface area (TPSA) is 114 Å². The molecule has 0 spiro atoms. The Labute approximate surface area is 194 Å². The fraction of sp³-hybridized carbons (Fsp3) is 0.727. The molecule has 10 nitrogen and oxygen atoms in total. The number of hydrazine groups is 1. The Morgan fingerprint density at radius 1 is 1.33 bits per heavy atom. The van der Waals surface area contributed by atoms with Crippen LogP contribution in [-0.2, 0) is 16.0 Å². The SMILES string of the molecule is CCc1nc(NNC(=O)C(CC2CCCC2)CN(O)C=O)c(F)c(N2CCN(C)C(C)C2)n1. The Morgan fingerprint density at radius 3 is 2.70 bits per heavy atom. The van der Waals surface area contributed by atoms with Gasteiger partial charge >= 0.3 is 0 Å². The summed E-state index contributed by atoms with van der Waals surface area (Å²) in [5.41, 5.74) is 5.17. The maximum Gasteiger partial charge on any atom is 0.243 e. The third-order valence-corrected chi connectivity index (χ3v) is 6.75. The Bertz CT molecular complexity index is 821. The van der Waals surface area contributed by atoms with E-state index in [1.165, 1.54) is 0 Å². The van der Waals surface area contributed by atoms with E-state index >= 15 is 4.39 Å². The van der Waals surface area contributed by atoms with Crippen molar-refractivity contribution in [3.63, 3.8) is 0 Å². The molecule has 11 heteroatoms. The zero-order chi connectivity index (χ0) is 24.0. The Hall–Kier alpha value is -2.53. The molecule has 33 heavy (non-hydrogen) atoms. The highest BCUT2D eigenvalue weighted by molar-refractivity contribution is 5.80. The predicted molar refractivity (Wildman–Crippen MR) is 122 cm³/mol. The highest BCUT2D eigenvalue weighted by Crippen LogP contribution is 2.31. The van der Waals surface area contributed by atoms with Gasteiger partial charge in [0.15, 0.2) is 11.6 Å². The summed E-state index contributed by atoms with van der Waals surface area (Å²) >= 11 is 0. The van der Waals surface area contributed by atoms with E-state index in [0.29, 0.717) is 42.7 Å². The van der Waals surface area contributed by atoms with Gasteiger partial charge < -0.3 is 9.80 Å². The molecule has 1 aromatic rings. The number of hydroxylamine groups is 2. The molecule has 2 heterocycles. The Kier molecular flexibility index (Phi) is 8.79. The summed E-state index contributed by atoms with van der Waals surface area (Å²) in [6.07, 6.45) is 5.63. The van der Waals surface area contributed by atoms with Crippen molar-refractivity contribution in [2.24, 2.45) is 11.8 Å². The van der Waals surface area contributed by atoms with E-state index in [0.717, 1.165) is 32.2 Å². The van der Waals surface area contributed by atoms with Crippen molar-refractivity contribution in [1.29, 1.82) is 0 Å². The summed E-state index contributed by atoms with van der Waals surface area (Å²) in [5.74, 6) is -0.684. The molecule has 0 bridgehead atoms. The highest BCUT2D eigenvalue weighted by atomic mass is 19.1. The number of carbonyl (C=O) groups excluding carboxylic acids is 2. The minimum atomic E-state index is -0.621. The minimum Gasteiger partial charge on any atom is -0.351 e. The van der Waals surface area contributed by atoms with E-state index in [2.05, 4.69) is 32.6 Å². The molecular weight excluding hydrogens is 429 g/mol. The predicted octanol–water partition coefficient (Wildman–Crippen LogP) is 1.81. The normalized spacial score (nSPS) is 20.5. The van der Waals surface area contributed by atoms with Gasteiger partial charge in [0, 0.05) is 32.1 Å². The molecule has 1 aromatic heterocycles. The summed E-state index contributed by atoms with van der Waals surface area (Å²) in [5, 5.41) is 10.1. The molecule has 2 atom stereocenters. The molecule has 3 rings (SSSR count). The standard InChI is InChI=1S/C22H36FN7O3/c1-4-18-24-20(19(23)21(25-18)29-10-9-28(3)15(2)12-29)26-27-22(32)17(13-30(33)14-31)11-16-7-5-6-8-16/h14-17,33H,4-13H2,1-3H3,(H,27,32)(H,24,25,26). The van der Waals surface area contributed by atoms with Crippen LogP contribution in [0.3, 0.4) is 0 Å². The van der Waals surface area contributed by atoms with Crippen LogP contribution in [0.25, 0.3) is 0 Å². The summed E-state index contributed by atoms with van der Waals surface area (Å²) in [6.45, 7) is 5.93. The fourth-order valence-electron chi connectivity index (χ4n) is 4.58. The number of carbonyl (C=O) groups is 2. The molecule has 1 aliphatic carbocycles. The number of aromatic nitrogens is 2. The average molecular weight is 466 g/mol. The van der Waals surface area contributed by atoms with Crippen LogP contribution in [-0.4, -0.2) is 76.7 Å². The molecule has 2 amide bonds. The second-order valence-electron chi connectivity index (χ2n) is 9.18. The van der Waals surface area contributed by atoms with Crippen LogP contribution in [0.4, 0.5) is 16.0 Å². The molecule has 184 valence electrons. The smallest absolute Gasteiger partial charge is 0.243 e. The first-order valence-electron chi connectivity index (χ1n) is 11.8. The van der Waals surface area contributed by atoms with Crippen LogP contribution in [0.2, 0.25) is 0 Å². The van der Waals surface area contributed by atoms with Crippen molar-refractivity contribution in [3.05, 3.63) is 11.6 Å². The van der Waals surface area contributed by atoms with Gasteiger partial charge in [-0.1, -0.05) is 32.6 Å². The average Bonchev–Trinajstić information content (AvgIpc) is 3.32. The molecule has 2 unspecified atom stereocenters. The summed E-state index contributed by atoms with van der Waals surface area (Å²) in [7, 11) is 2.04. The summed E-state index contributed by atoms with van der Waals surface area (Å²) in [4.78, 5) is 36.5. The van der Waals surface area contributed by atoms with Gasteiger partial charge in [0.05, 0.1) is 12.5 Å². The number of amides is 2. The number of hydrogen-bond acceptors (Lipinski definition) is 8. The quantitative estimate of drug-likeness (QED) is 0.272. The highest BCUT2D eigenvalue weighted by Gasteiger charge is 2.29. The number of halogens is 1. The lowest BCUT2D eigenvalue weighted by molar-refractivity contribution is -0.154.